The smallest absolute Gasteiger partial charge is 0.289 e. The number of nitrogens with zero attached hydrogens (tertiary/aromatic N) is 2. The van der Waals surface area contributed by atoms with Crippen LogP contribution in [0, 0.1) is 24.1 Å². The molecule has 0 aliphatic rings. The average molecular weight is 217 g/mol. The zero-order valence-electron chi connectivity index (χ0n) is 8.49. The van der Waals surface area contributed by atoms with E-state index in [4.69, 9.17) is 5.26 Å². The number of aryl methyl sites for hydroxylation is 1. The van der Waals surface area contributed by atoms with E-state index in [2.05, 4.69) is 5.10 Å². The van der Waals surface area contributed by atoms with Crippen molar-refractivity contribution in [2.24, 2.45) is 0 Å². The summed E-state index contributed by atoms with van der Waals surface area (Å²) in [5.74, 6) is -0.374. The van der Waals surface area contributed by atoms with Crippen LogP contribution in [0.2, 0.25) is 0 Å². The highest BCUT2D eigenvalue weighted by molar-refractivity contribution is 5.37. The molecular weight excluding hydrogens is 209 g/mol. The number of benzene rings is 1. The number of halogens is 1. The lowest BCUT2D eigenvalue weighted by Crippen LogP contribution is -2.16. The third-order valence-electron chi connectivity index (χ3n) is 2.27. The molecule has 0 saturated heterocycles. The van der Waals surface area contributed by atoms with E-state index in [1.807, 2.05) is 6.07 Å². The molecule has 0 unspecified atom stereocenters. The number of hydrogen-bond donors (Lipinski definition) is 1. The van der Waals surface area contributed by atoms with Crippen LogP contribution >= 0.6 is 0 Å². The standard InChI is InChI=1S/C11H8FN3O/c1-7-10(6-13)11(16)15(14-7)9-4-2-8(12)3-5-9/h2-5,14H,1H3. The van der Waals surface area contributed by atoms with Gasteiger partial charge in [0, 0.05) is 0 Å². The monoisotopic (exact) mass is 217 g/mol. The lowest BCUT2D eigenvalue weighted by atomic mass is 10.3. The molecule has 2 rings (SSSR count). The van der Waals surface area contributed by atoms with E-state index in [-0.39, 0.29) is 11.4 Å². The molecule has 16 heavy (non-hydrogen) atoms. The molecule has 0 bridgehead atoms. The number of nitriles is 1. The summed E-state index contributed by atoms with van der Waals surface area (Å²) >= 11 is 0. The second-order valence-electron chi connectivity index (χ2n) is 3.34. The minimum absolute atomic E-state index is 0.0734. The number of nitrogens with one attached hydrogen (secondary N) is 1. The molecule has 0 atom stereocenters. The second kappa shape index (κ2) is 3.66. The van der Waals surface area contributed by atoms with Crippen molar-refractivity contribution < 1.29 is 4.39 Å². The third kappa shape index (κ3) is 1.50. The normalized spacial score (nSPS) is 10.1. The first-order chi connectivity index (χ1) is 7.63. The Labute approximate surface area is 90.5 Å². The van der Waals surface area contributed by atoms with Crippen molar-refractivity contribution in [1.82, 2.24) is 9.78 Å². The molecule has 1 aromatic heterocycles. The van der Waals surface area contributed by atoms with Crippen molar-refractivity contribution in [3.63, 3.8) is 0 Å². The number of hydrogen-bond acceptors (Lipinski definition) is 2. The van der Waals surface area contributed by atoms with Crippen LogP contribution < -0.4 is 5.56 Å². The van der Waals surface area contributed by atoms with Gasteiger partial charge < -0.3 is 0 Å². The van der Waals surface area contributed by atoms with Gasteiger partial charge in [0.15, 0.2) is 0 Å². The van der Waals surface area contributed by atoms with Crippen LogP contribution in [-0.2, 0) is 0 Å². The Morgan fingerprint density at radius 2 is 2.00 bits per heavy atom. The Morgan fingerprint density at radius 1 is 1.38 bits per heavy atom. The fourth-order valence-corrected chi connectivity index (χ4v) is 1.45. The summed E-state index contributed by atoms with van der Waals surface area (Å²) in [6.45, 7) is 1.64. The molecule has 1 N–H and O–H groups in total. The third-order valence-corrected chi connectivity index (χ3v) is 2.27. The Morgan fingerprint density at radius 3 is 2.50 bits per heavy atom. The zero-order valence-corrected chi connectivity index (χ0v) is 8.49. The highest BCUT2D eigenvalue weighted by Crippen LogP contribution is 2.07. The predicted octanol–water partition coefficient (Wildman–Crippen LogP) is 1.48. The van der Waals surface area contributed by atoms with Crippen LogP contribution in [0.3, 0.4) is 0 Å². The SMILES string of the molecule is Cc1[nH]n(-c2ccc(F)cc2)c(=O)c1C#N. The highest BCUT2D eigenvalue weighted by Gasteiger charge is 2.11. The summed E-state index contributed by atoms with van der Waals surface area (Å²) in [7, 11) is 0. The van der Waals surface area contributed by atoms with Gasteiger partial charge in [-0.15, -0.1) is 0 Å². The Kier molecular flexibility index (Phi) is 2.33. The molecule has 0 aliphatic carbocycles. The minimum Gasteiger partial charge on any atom is -0.294 e. The molecule has 0 radical (unpaired) electrons. The van der Waals surface area contributed by atoms with Crippen molar-refractivity contribution in [3.8, 4) is 11.8 Å². The summed E-state index contributed by atoms with van der Waals surface area (Å²) in [6, 6.07) is 7.27. The molecule has 4 nitrogen and oxygen atoms in total. The first-order valence-corrected chi connectivity index (χ1v) is 4.61. The fourth-order valence-electron chi connectivity index (χ4n) is 1.45. The van der Waals surface area contributed by atoms with Gasteiger partial charge in [-0.25, -0.2) is 9.07 Å². The van der Waals surface area contributed by atoms with Crippen LogP contribution in [0.15, 0.2) is 29.1 Å². The maximum atomic E-state index is 12.7. The molecule has 0 saturated carbocycles. The minimum atomic E-state index is -0.424. The van der Waals surface area contributed by atoms with Crippen molar-refractivity contribution in [3.05, 3.63) is 51.7 Å². The summed E-state index contributed by atoms with van der Waals surface area (Å²) in [5, 5.41) is 11.5. The van der Waals surface area contributed by atoms with Crippen LogP contribution in [0.4, 0.5) is 4.39 Å². The van der Waals surface area contributed by atoms with Gasteiger partial charge in [0.2, 0.25) is 0 Å². The lowest BCUT2D eigenvalue weighted by molar-refractivity contribution is 0.627. The van der Waals surface area contributed by atoms with E-state index in [1.165, 1.54) is 28.9 Å². The quantitative estimate of drug-likeness (QED) is 0.786. The van der Waals surface area contributed by atoms with E-state index in [0.29, 0.717) is 11.4 Å². The maximum Gasteiger partial charge on any atom is 0.289 e. The van der Waals surface area contributed by atoms with Gasteiger partial charge in [0.25, 0.3) is 5.56 Å². The van der Waals surface area contributed by atoms with Gasteiger partial charge in [-0.3, -0.25) is 9.89 Å². The molecule has 80 valence electrons. The molecule has 0 spiro atoms. The van der Waals surface area contributed by atoms with E-state index >= 15 is 0 Å². The molecule has 2 aromatic rings. The number of H-pyrrole nitrogens is 1. The fraction of sp³-hybridized carbons (Fsp3) is 0.0909. The van der Waals surface area contributed by atoms with Gasteiger partial charge in [-0.05, 0) is 31.2 Å². The van der Waals surface area contributed by atoms with Crippen LogP contribution in [0.1, 0.15) is 11.3 Å². The zero-order chi connectivity index (χ0) is 11.7. The molecule has 1 heterocycles. The molecule has 1 aromatic carbocycles. The number of rotatable bonds is 1. The van der Waals surface area contributed by atoms with Crippen molar-refractivity contribution in [2.75, 3.05) is 0 Å². The topological polar surface area (TPSA) is 61.6 Å². The highest BCUT2D eigenvalue weighted by atomic mass is 19.1. The lowest BCUT2D eigenvalue weighted by Gasteiger charge is -2.00. The maximum absolute atomic E-state index is 12.7. The van der Waals surface area contributed by atoms with Gasteiger partial charge in [0.05, 0.1) is 11.4 Å². The van der Waals surface area contributed by atoms with Gasteiger partial charge in [-0.2, -0.15) is 5.26 Å². The van der Waals surface area contributed by atoms with Gasteiger partial charge in [-0.1, -0.05) is 0 Å². The first-order valence-electron chi connectivity index (χ1n) is 4.61. The Hall–Kier alpha value is -2.35. The van der Waals surface area contributed by atoms with E-state index < -0.39 is 5.56 Å². The summed E-state index contributed by atoms with van der Waals surface area (Å²) in [5.41, 5.74) is 0.642. The van der Waals surface area contributed by atoms with E-state index in [9.17, 15) is 9.18 Å². The van der Waals surface area contributed by atoms with E-state index in [1.54, 1.807) is 6.92 Å². The summed E-state index contributed by atoms with van der Waals surface area (Å²) in [4.78, 5) is 11.7. The number of aromatic nitrogens is 2. The molecular formula is C11H8FN3O. The van der Waals surface area contributed by atoms with Gasteiger partial charge >= 0.3 is 0 Å². The average Bonchev–Trinajstić information content (AvgIpc) is 2.55. The van der Waals surface area contributed by atoms with E-state index in [0.717, 1.165) is 0 Å². The summed E-state index contributed by atoms with van der Waals surface area (Å²) < 4.78 is 13.9. The predicted molar refractivity (Wildman–Crippen MR) is 55.8 cm³/mol. The van der Waals surface area contributed by atoms with Crippen LogP contribution in [-0.4, -0.2) is 9.78 Å². The first kappa shape index (κ1) is 10.2. The Balaban J connectivity index is 2.62. The molecule has 0 aliphatic heterocycles. The van der Waals surface area contributed by atoms with Crippen LogP contribution in [0.5, 0.6) is 0 Å². The summed E-state index contributed by atoms with van der Waals surface area (Å²) in [6.07, 6.45) is 0. The largest absolute Gasteiger partial charge is 0.294 e. The molecule has 0 amide bonds. The van der Waals surface area contributed by atoms with Crippen molar-refractivity contribution >= 4 is 0 Å². The molecule has 0 fully saturated rings. The second-order valence-corrected chi connectivity index (χ2v) is 3.34. The van der Waals surface area contributed by atoms with Crippen molar-refractivity contribution in [2.45, 2.75) is 6.92 Å². The number of aromatic amines is 1. The van der Waals surface area contributed by atoms with Crippen LogP contribution in [0.25, 0.3) is 5.69 Å². The molecule has 5 heteroatoms. The van der Waals surface area contributed by atoms with Crippen molar-refractivity contribution in [1.29, 1.82) is 5.26 Å². The Bertz CT molecular complexity index is 616. The van der Waals surface area contributed by atoms with Gasteiger partial charge in [0.1, 0.15) is 17.4 Å².